The Labute approximate surface area is 230 Å². The molecule has 40 heavy (non-hydrogen) atoms. The summed E-state index contributed by atoms with van der Waals surface area (Å²) in [4.78, 5) is 51.3. The third-order valence-corrected chi connectivity index (χ3v) is 7.38. The van der Waals surface area contributed by atoms with Gasteiger partial charge in [0.15, 0.2) is 12.0 Å². The van der Waals surface area contributed by atoms with Gasteiger partial charge in [-0.2, -0.15) is 0 Å². The van der Waals surface area contributed by atoms with Gasteiger partial charge in [0, 0.05) is 32.0 Å². The molecule has 0 radical (unpaired) electrons. The first-order chi connectivity index (χ1) is 19.0. The first kappa shape index (κ1) is 29.5. The van der Waals surface area contributed by atoms with Gasteiger partial charge in [-0.1, -0.05) is 6.58 Å². The summed E-state index contributed by atoms with van der Waals surface area (Å²) < 4.78 is 17.0. The van der Waals surface area contributed by atoms with Gasteiger partial charge in [0.2, 0.25) is 11.8 Å². The van der Waals surface area contributed by atoms with E-state index in [2.05, 4.69) is 22.5 Å². The maximum atomic E-state index is 12.9. The molecule has 2 saturated heterocycles. The fraction of sp³-hybridized carbons (Fsp3) is 0.600. The minimum absolute atomic E-state index is 0.332. The second kappa shape index (κ2) is 12.3. The van der Waals surface area contributed by atoms with E-state index >= 15 is 0 Å². The van der Waals surface area contributed by atoms with E-state index in [9.17, 15) is 34.5 Å². The highest BCUT2D eigenvalue weighted by Crippen LogP contribution is 2.35. The van der Waals surface area contributed by atoms with Gasteiger partial charge in [-0.15, -0.1) is 0 Å². The highest BCUT2D eigenvalue weighted by atomic mass is 16.6. The number of aliphatic hydroxyl groups excluding tert-OH is 3. The van der Waals surface area contributed by atoms with Crippen LogP contribution >= 0.6 is 0 Å². The Kier molecular flexibility index (Phi) is 9.10. The molecule has 4 rings (SSSR count). The molecule has 0 bridgehead atoms. The van der Waals surface area contributed by atoms with Crippen molar-refractivity contribution in [2.45, 2.75) is 74.6 Å². The van der Waals surface area contributed by atoms with Crippen molar-refractivity contribution in [3.63, 3.8) is 0 Å². The monoisotopic (exact) mass is 565 g/mol. The molecule has 220 valence electrons. The molecule has 15 nitrogen and oxygen atoms in total. The maximum Gasteiger partial charge on any atom is 0.328 e. The van der Waals surface area contributed by atoms with Crippen LogP contribution in [0.15, 0.2) is 36.4 Å². The zero-order valence-corrected chi connectivity index (χ0v) is 21.9. The number of ether oxygens (including phenoxy) is 3. The Hall–Kier alpha value is -3.50. The number of hydrogen-bond donors (Lipinski definition) is 7. The fourth-order valence-corrected chi connectivity index (χ4v) is 5.22. The molecule has 5 amide bonds. The molecule has 8 N–H and O–H groups in total. The molecule has 0 aromatic heterocycles. The van der Waals surface area contributed by atoms with Crippen molar-refractivity contribution in [3.05, 3.63) is 36.4 Å². The number of hydrogen-bond acceptors (Lipinski definition) is 10. The number of allylic oxidation sites excluding steroid dienone is 1. The predicted octanol–water partition coefficient (Wildman–Crippen LogP) is -2.58. The minimum Gasteiger partial charge on any atom is -0.482 e. The lowest BCUT2D eigenvalue weighted by Gasteiger charge is -2.35. The van der Waals surface area contributed by atoms with Crippen LogP contribution in [0.4, 0.5) is 4.79 Å². The van der Waals surface area contributed by atoms with Crippen LogP contribution in [0, 0.1) is 5.92 Å². The number of rotatable bonds is 8. The lowest BCUT2D eigenvalue weighted by molar-refractivity contribution is -0.143. The van der Waals surface area contributed by atoms with Crippen LogP contribution in [0.3, 0.4) is 0 Å². The van der Waals surface area contributed by atoms with Gasteiger partial charge in [-0.3, -0.25) is 19.3 Å². The Morgan fingerprint density at radius 1 is 1.27 bits per heavy atom. The zero-order chi connectivity index (χ0) is 29.1. The first-order valence-corrected chi connectivity index (χ1v) is 13.0. The van der Waals surface area contributed by atoms with Gasteiger partial charge >= 0.3 is 6.03 Å². The fourth-order valence-electron chi connectivity index (χ4n) is 5.22. The van der Waals surface area contributed by atoms with Crippen LogP contribution in [-0.4, -0.2) is 107 Å². The summed E-state index contributed by atoms with van der Waals surface area (Å²) in [5.74, 6) is -3.61. The molecular formula is C25H35N5O10. The average Bonchev–Trinajstić information content (AvgIpc) is 3.08. The van der Waals surface area contributed by atoms with Gasteiger partial charge in [-0.25, -0.2) is 4.79 Å². The smallest absolute Gasteiger partial charge is 0.328 e. The number of aliphatic hydroxyl groups is 3. The van der Waals surface area contributed by atoms with Crippen LogP contribution < -0.4 is 21.7 Å². The molecule has 0 aliphatic carbocycles. The summed E-state index contributed by atoms with van der Waals surface area (Å²) >= 11 is 0. The molecule has 0 unspecified atom stereocenters. The van der Waals surface area contributed by atoms with Crippen molar-refractivity contribution in [1.29, 1.82) is 0 Å². The van der Waals surface area contributed by atoms with E-state index in [1.807, 2.05) is 0 Å². The van der Waals surface area contributed by atoms with E-state index in [-0.39, 0.29) is 18.1 Å². The number of carbonyl (C=O) groups excluding carboxylic acids is 4. The van der Waals surface area contributed by atoms with Gasteiger partial charge in [0.05, 0.1) is 5.92 Å². The zero-order valence-electron chi connectivity index (χ0n) is 21.9. The molecule has 0 saturated carbocycles. The Morgan fingerprint density at radius 3 is 2.70 bits per heavy atom. The van der Waals surface area contributed by atoms with Crippen molar-refractivity contribution < 1.29 is 48.7 Å². The molecule has 4 heterocycles. The number of amides is 5. The van der Waals surface area contributed by atoms with E-state index in [1.165, 1.54) is 19.4 Å². The molecule has 2 fully saturated rings. The van der Waals surface area contributed by atoms with Crippen molar-refractivity contribution in [2.24, 2.45) is 11.7 Å². The summed E-state index contributed by atoms with van der Waals surface area (Å²) in [6.45, 7) is 4.14. The van der Waals surface area contributed by atoms with Crippen LogP contribution in [0.1, 0.15) is 25.7 Å². The van der Waals surface area contributed by atoms with Crippen molar-refractivity contribution >= 4 is 23.8 Å². The summed E-state index contributed by atoms with van der Waals surface area (Å²) in [5.41, 5.74) is 6.01. The quantitative estimate of drug-likeness (QED) is 0.163. The van der Waals surface area contributed by atoms with E-state index in [1.54, 1.807) is 0 Å². The van der Waals surface area contributed by atoms with Crippen molar-refractivity contribution in [1.82, 2.24) is 20.9 Å². The highest BCUT2D eigenvalue weighted by molar-refractivity contribution is 5.95. The van der Waals surface area contributed by atoms with E-state index in [0.717, 1.165) is 17.4 Å². The normalized spacial score (nSPS) is 35.1. The maximum absolute atomic E-state index is 12.9. The van der Waals surface area contributed by atoms with Crippen molar-refractivity contribution in [2.75, 3.05) is 13.7 Å². The Bertz CT molecular complexity index is 1100. The second-order valence-corrected chi connectivity index (χ2v) is 10.1. The number of methoxy groups -OCH3 is 1. The Morgan fingerprint density at radius 2 is 2.02 bits per heavy atom. The van der Waals surface area contributed by atoms with Crippen LogP contribution in [0.5, 0.6) is 0 Å². The van der Waals surface area contributed by atoms with E-state index in [0.29, 0.717) is 25.1 Å². The SMILES string of the molecule is C=C1C=CN([C@@H]2O[C@H]([C@H](C[C@@H]3OC(C(=O)N[C@H]4CCCCNC4=O)=C[C@H](O)[C@@H]3O)C(N)=O)[C@@H](OC)[C@H]2O)C(=O)N1. The number of nitrogens with two attached hydrogens (primary N) is 1. The standard InChI is InChI=1S/C25H35N5O10/c1-11-6-8-30(25(37)28-11)24-18(33)20(38-2)19(40-24)12(21(26)34)9-15-17(32)14(31)10-16(39-15)23(36)29-13-5-3-4-7-27-22(13)35/h6,8,10,12-15,17-20,24,31-33H,1,3-5,7,9H2,2H3,(H2,26,34)(H,27,35)(H,28,37)(H,29,36)/t12-,13-,14-,15-,17-,18+,19+,20-,24+/m0/s1. The topological polar surface area (TPSA) is 222 Å². The lowest BCUT2D eigenvalue weighted by atomic mass is 9.87. The van der Waals surface area contributed by atoms with Gasteiger partial charge in [0.1, 0.15) is 42.7 Å². The molecule has 0 spiro atoms. The first-order valence-electron chi connectivity index (χ1n) is 13.0. The minimum atomic E-state index is -1.55. The summed E-state index contributed by atoms with van der Waals surface area (Å²) in [5, 5.41) is 39.7. The molecule has 0 aromatic carbocycles. The van der Waals surface area contributed by atoms with E-state index in [4.69, 9.17) is 19.9 Å². The summed E-state index contributed by atoms with van der Waals surface area (Å²) in [6, 6.07) is -1.42. The van der Waals surface area contributed by atoms with Gasteiger partial charge in [-0.05, 0) is 31.4 Å². The van der Waals surface area contributed by atoms with E-state index < -0.39 is 72.7 Å². The summed E-state index contributed by atoms with van der Waals surface area (Å²) in [6.07, 6.45) is -3.93. The lowest BCUT2D eigenvalue weighted by Crippen LogP contribution is -2.51. The predicted molar refractivity (Wildman–Crippen MR) is 135 cm³/mol. The van der Waals surface area contributed by atoms with Gasteiger partial charge in [0.25, 0.3) is 5.91 Å². The number of nitrogens with one attached hydrogen (secondary N) is 3. The second-order valence-electron chi connectivity index (χ2n) is 10.1. The van der Waals surface area contributed by atoms with Crippen LogP contribution in [-0.2, 0) is 28.6 Å². The molecule has 4 aliphatic heterocycles. The third kappa shape index (κ3) is 6.13. The number of carbonyl (C=O) groups is 4. The van der Waals surface area contributed by atoms with Crippen molar-refractivity contribution in [3.8, 4) is 0 Å². The van der Waals surface area contributed by atoms with Crippen LogP contribution in [0.25, 0.3) is 0 Å². The Balaban J connectivity index is 1.50. The molecular weight excluding hydrogens is 530 g/mol. The average molecular weight is 566 g/mol. The van der Waals surface area contributed by atoms with Crippen LogP contribution in [0.2, 0.25) is 0 Å². The molecule has 9 atom stereocenters. The largest absolute Gasteiger partial charge is 0.482 e. The molecule has 4 aliphatic rings. The molecule has 15 heteroatoms. The highest BCUT2D eigenvalue weighted by Gasteiger charge is 2.53. The third-order valence-electron chi connectivity index (χ3n) is 7.38. The van der Waals surface area contributed by atoms with Gasteiger partial charge < -0.3 is 51.2 Å². The number of nitrogens with zero attached hydrogens (tertiary/aromatic N) is 1. The number of primary amides is 1. The molecule has 0 aromatic rings. The summed E-state index contributed by atoms with van der Waals surface area (Å²) in [7, 11) is 1.28. The number of urea groups is 1.